The van der Waals surface area contributed by atoms with Gasteiger partial charge < -0.3 is 0 Å². The van der Waals surface area contributed by atoms with E-state index in [0.717, 1.165) is 55.6 Å². The number of fused-ring (bicyclic) bond motifs is 2. The van der Waals surface area contributed by atoms with E-state index in [0.29, 0.717) is 5.82 Å². The van der Waals surface area contributed by atoms with Crippen molar-refractivity contribution in [3.8, 4) is 56.3 Å². The number of hydrogen-bond donors (Lipinski definition) is 0. The molecule has 0 fully saturated rings. The molecule has 3 heterocycles. The molecule has 0 amide bonds. The second-order valence-corrected chi connectivity index (χ2v) is 10.6. The summed E-state index contributed by atoms with van der Waals surface area (Å²) in [6.07, 6.45) is 2.10. The summed E-state index contributed by atoms with van der Waals surface area (Å²) in [5, 5.41) is 7.41. The van der Waals surface area contributed by atoms with Crippen molar-refractivity contribution in [1.82, 2.24) is 19.6 Å². The first kappa shape index (κ1) is 24.9. The van der Waals surface area contributed by atoms with Crippen LogP contribution in [-0.2, 0) is 0 Å². The van der Waals surface area contributed by atoms with Crippen molar-refractivity contribution in [3.05, 3.63) is 158 Å². The molecule has 0 N–H and O–H groups in total. The maximum Gasteiger partial charge on any atom is 0.160 e. The molecular formula is C39H26N4. The van der Waals surface area contributed by atoms with Crippen LogP contribution in [0.3, 0.4) is 0 Å². The second-order valence-electron chi connectivity index (χ2n) is 10.6. The molecule has 0 bridgehead atoms. The highest BCUT2D eigenvalue weighted by Crippen LogP contribution is 2.38. The predicted octanol–water partition coefficient (Wildman–Crippen LogP) is 9.61. The van der Waals surface area contributed by atoms with Crippen molar-refractivity contribution in [1.29, 1.82) is 0 Å². The lowest BCUT2D eigenvalue weighted by Gasteiger charge is -2.11. The number of rotatable bonds is 5. The molecule has 0 spiro atoms. The molecule has 0 saturated carbocycles. The van der Waals surface area contributed by atoms with E-state index in [2.05, 4.69) is 128 Å². The van der Waals surface area contributed by atoms with Crippen LogP contribution < -0.4 is 0 Å². The Morgan fingerprint density at radius 2 is 0.953 bits per heavy atom. The predicted molar refractivity (Wildman–Crippen MR) is 175 cm³/mol. The third-order valence-electron chi connectivity index (χ3n) is 7.85. The second kappa shape index (κ2) is 10.5. The summed E-state index contributed by atoms with van der Waals surface area (Å²) in [6, 6.07) is 52.3. The lowest BCUT2D eigenvalue weighted by molar-refractivity contribution is 0.974. The first-order chi connectivity index (χ1) is 21.3. The number of benzene rings is 5. The summed E-state index contributed by atoms with van der Waals surface area (Å²) >= 11 is 0. The fourth-order valence-electron chi connectivity index (χ4n) is 5.68. The maximum atomic E-state index is 5.19. The third kappa shape index (κ3) is 4.65. The average molecular weight is 551 g/mol. The summed E-state index contributed by atoms with van der Waals surface area (Å²) in [6.45, 7) is 0. The van der Waals surface area contributed by atoms with Gasteiger partial charge in [0.1, 0.15) is 5.69 Å². The Balaban J connectivity index is 1.37. The molecule has 0 saturated heterocycles. The Labute approximate surface area is 249 Å². The Morgan fingerprint density at radius 1 is 0.419 bits per heavy atom. The minimum Gasteiger partial charge on any atom is -0.239 e. The first-order valence-electron chi connectivity index (χ1n) is 14.4. The normalized spacial score (nSPS) is 11.3. The van der Waals surface area contributed by atoms with Gasteiger partial charge in [0.05, 0.1) is 22.5 Å². The maximum absolute atomic E-state index is 5.19. The van der Waals surface area contributed by atoms with Crippen LogP contribution in [0.2, 0.25) is 0 Å². The SMILES string of the molecule is c1ccc(-c2ccc(-c3cc(-c4c(-c5ccccc5)nn5cc6ccccc6cc45)nc(-c4ccccc4)n3)cc2)cc1. The third-order valence-corrected chi connectivity index (χ3v) is 7.85. The monoisotopic (exact) mass is 550 g/mol. The fraction of sp³-hybridized carbons (Fsp3) is 0. The quantitative estimate of drug-likeness (QED) is 0.214. The van der Waals surface area contributed by atoms with E-state index in [-0.39, 0.29) is 0 Å². The summed E-state index contributed by atoms with van der Waals surface area (Å²) in [5.74, 6) is 0.680. The largest absolute Gasteiger partial charge is 0.239 e. The molecule has 5 aromatic carbocycles. The summed E-state index contributed by atoms with van der Waals surface area (Å²) in [5.41, 5.74) is 9.97. The molecule has 0 atom stereocenters. The highest BCUT2D eigenvalue weighted by molar-refractivity contribution is 5.96. The molecule has 8 aromatic rings. The first-order valence-corrected chi connectivity index (χ1v) is 14.4. The van der Waals surface area contributed by atoms with Gasteiger partial charge in [0.25, 0.3) is 0 Å². The zero-order valence-corrected chi connectivity index (χ0v) is 23.3. The molecule has 0 aliphatic heterocycles. The molecule has 3 aromatic heterocycles. The van der Waals surface area contributed by atoms with Crippen LogP contribution in [0.15, 0.2) is 158 Å². The van der Waals surface area contributed by atoms with Crippen LogP contribution in [0.5, 0.6) is 0 Å². The fourth-order valence-corrected chi connectivity index (χ4v) is 5.68. The summed E-state index contributed by atoms with van der Waals surface area (Å²) < 4.78 is 1.98. The van der Waals surface area contributed by atoms with Gasteiger partial charge in [-0.25, -0.2) is 14.5 Å². The van der Waals surface area contributed by atoms with Gasteiger partial charge in [-0.1, -0.05) is 140 Å². The van der Waals surface area contributed by atoms with E-state index in [1.807, 2.05) is 34.8 Å². The van der Waals surface area contributed by atoms with E-state index < -0.39 is 0 Å². The highest BCUT2D eigenvalue weighted by atomic mass is 15.2. The van der Waals surface area contributed by atoms with Gasteiger partial charge in [0, 0.05) is 28.3 Å². The molecule has 43 heavy (non-hydrogen) atoms. The van der Waals surface area contributed by atoms with E-state index in [4.69, 9.17) is 15.1 Å². The van der Waals surface area contributed by atoms with Crippen molar-refractivity contribution < 1.29 is 0 Å². The van der Waals surface area contributed by atoms with Crippen molar-refractivity contribution in [2.75, 3.05) is 0 Å². The molecule has 8 rings (SSSR count). The van der Waals surface area contributed by atoms with E-state index in [9.17, 15) is 0 Å². The summed E-state index contributed by atoms with van der Waals surface area (Å²) in [7, 11) is 0. The van der Waals surface area contributed by atoms with Gasteiger partial charge in [-0.05, 0) is 28.6 Å². The number of hydrogen-bond acceptors (Lipinski definition) is 3. The van der Waals surface area contributed by atoms with Gasteiger partial charge >= 0.3 is 0 Å². The summed E-state index contributed by atoms with van der Waals surface area (Å²) in [4.78, 5) is 10.3. The van der Waals surface area contributed by atoms with Crippen LogP contribution in [0.1, 0.15) is 0 Å². The molecule has 202 valence electrons. The standard InChI is InChI=1S/C39H26N4/c1-4-12-27(13-5-1)28-20-22-29(23-21-28)34-25-35(41-39(40-34)31-16-8-3-9-17-31)37-36-24-32-18-10-11-19-33(32)26-43(36)42-38(37)30-14-6-2-7-15-30/h1-26H. The van der Waals surface area contributed by atoms with Crippen LogP contribution in [0.4, 0.5) is 0 Å². The van der Waals surface area contributed by atoms with E-state index >= 15 is 0 Å². The van der Waals surface area contributed by atoms with Crippen LogP contribution in [-0.4, -0.2) is 19.6 Å². The van der Waals surface area contributed by atoms with Gasteiger partial charge in [-0.15, -0.1) is 0 Å². The van der Waals surface area contributed by atoms with Gasteiger partial charge in [0.2, 0.25) is 0 Å². The zero-order chi connectivity index (χ0) is 28.6. The Hall–Kier alpha value is -5.87. The van der Waals surface area contributed by atoms with Gasteiger partial charge in [-0.2, -0.15) is 5.10 Å². The topological polar surface area (TPSA) is 43.1 Å². The Kier molecular flexibility index (Phi) is 6.08. The van der Waals surface area contributed by atoms with Gasteiger partial charge in [-0.3, -0.25) is 0 Å². The number of pyridine rings is 1. The average Bonchev–Trinajstić information content (AvgIpc) is 3.46. The van der Waals surface area contributed by atoms with Crippen molar-refractivity contribution in [2.45, 2.75) is 0 Å². The lowest BCUT2D eigenvalue weighted by Crippen LogP contribution is -1.96. The minimum atomic E-state index is 0.680. The number of aromatic nitrogens is 4. The van der Waals surface area contributed by atoms with E-state index in [1.165, 1.54) is 11.1 Å². The Morgan fingerprint density at radius 3 is 1.65 bits per heavy atom. The minimum absolute atomic E-state index is 0.680. The molecule has 0 unspecified atom stereocenters. The molecule has 0 radical (unpaired) electrons. The van der Waals surface area contributed by atoms with Crippen molar-refractivity contribution in [2.24, 2.45) is 0 Å². The molecule has 0 aliphatic carbocycles. The number of nitrogens with zero attached hydrogens (tertiary/aromatic N) is 4. The molecule has 4 heteroatoms. The van der Waals surface area contributed by atoms with Crippen LogP contribution in [0.25, 0.3) is 72.6 Å². The highest BCUT2D eigenvalue weighted by Gasteiger charge is 2.20. The molecular weight excluding hydrogens is 524 g/mol. The molecule has 4 nitrogen and oxygen atoms in total. The lowest BCUT2D eigenvalue weighted by atomic mass is 9.99. The van der Waals surface area contributed by atoms with Crippen molar-refractivity contribution >= 4 is 16.3 Å². The Bertz CT molecular complexity index is 2200. The van der Waals surface area contributed by atoms with Crippen LogP contribution >= 0.6 is 0 Å². The molecule has 0 aliphatic rings. The van der Waals surface area contributed by atoms with Gasteiger partial charge in [0.15, 0.2) is 5.82 Å². The zero-order valence-electron chi connectivity index (χ0n) is 23.3. The van der Waals surface area contributed by atoms with Crippen molar-refractivity contribution in [3.63, 3.8) is 0 Å². The van der Waals surface area contributed by atoms with Crippen LogP contribution in [0, 0.1) is 0 Å². The smallest absolute Gasteiger partial charge is 0.160 e. The van der Waals surface area contributed by atoms with E-state index in [1.54, 1.807) is 0 Å².